The number of halogens is 3. The van der Waals surface area contributed by atoms with Crippen LogP contribution >= 0.6 is 0 Å². The van der Waals surface area contributed by atoms with Gasteiger partial charge in [0.1, 0.15) is 0 Å². The zero-order valence-corrected chi connectivity index (χ0v) is 16.6. The first-order valence-electron chi connectivity index (χ1n) is 8.26. The number of benzene rings is 1. The number of hydrogen-bond acceptors (Lipinski definition) is 4. The van der Waals surface area contributed by atoms with E-state index < -0.39 is 27.7 Å². The summed E-state index contributed by atoms with van der Waals surface area (Å²) < 4.78 is 65.6. The monoisotopic (exact) mass is 418 g/mol. The maximum absolute atomic E-state index is 13.0. The molecule has 2 rings (SSSR count). The molecule has 28 heavy (non-hydrogen) atoms. The summed E-state index contributed by atoms with van der Waals surface area (Å²) in [6.45, 7) is 3.66. The second kappa shape index (κ2) is 7.82. The zero-order valence-electron chi connectivity index (χ0n) is 15.8. The van der Waals surface area contributed by atoms with Crippen molar-refractivity contribution in [1.29, 1.82) is 0 Å². The second-order valence-electron chi connectivity index (χ2n) is 6.45. The molecule has 1 amide bonds. The number of hydrogen-bond donors (Lipinski definition) is 2. The summed E-state index contributed by atoms with van der Waals surface area (Å²) >= 11 is 0. The highest BCUT2D eigenvalue weighted by Gasteiger charge is 2.31. The van der Waals surface area contributed by atoms with Crippen molar-refractivity contribution >= 4 is 27.3 Å². The predicted molar refractivity (Wildman–Crippen MR) is 99.5 cm³/mol. The normalized spacial score (nSPS) is 12.1. The first-order valence-corrected chi connectivity index (χ1v) is 10.1. The van der Waals surface area contributed by atoms with Crippen LogP contribution in [0.1, 0.15) is 28.9 Å². The molecule has 1 heterocycles. The highest BCUT2D eigenvalue weighted by molar-refractivity contribution is 7.92. The molecule has 0 bridgehead atoms. The van der Waals surface area contributed by atoms with Crippen LogP contribution in [-0.2, 0) is 34.5 Å². The Morgan fingerprint density at radius 1 is 1.21 bits per heavy atom. The average Bonchev–Trinajstić information content (AvgIpc) is 2.77. The lowest BCUT2D eigenvalue weighted by atomic mass is 10.1. The van der Waals surface area contributed by atoms with Gasteiger partial charge >= 0.3 is 6.18 Å². The molecule has 0 aliphatic rings. The molecule has 0 unspecified atom stereocenters. The number of sulfonamides is 1. The second-order valence-corrected chi connectivity index (χ2v) is 8.20. The molecule has 1 aromatic heterocycles. The minimum Gasteiger partial charge on any atom is -0.324 e. The number of carbonyl (C=O) groups excluding carboxylic acids is 1. The van der Waals surface area contributed by atoms with Gasteiger partial charge in [-0.2, -0.15) is 18.3 Å². The lowest BCUT2D eigenvalue weighted by molar-refractivity contribution is -0.137. The SMILES string of the molecule is Cc1nn(C)c(C)c1CCC(=O)Nc1cc(C(F)(F)F)ccc1NS(C)(=O)=O. The highest BCUT2D eigenvalue weighted by Crippen LogP contribution is 2.34. The van der Waals surface area contributed by atoms with Gasteiger partial charge < -0.3 is 5.32 Å². The van der Waals surface area contributed by atoms with Gasteiger partial charge in [-0.3, -0.25) is 14.2 Å². The Labute approximate surface area is 161 Å². The van der Waals surface area contributed by atoms with Gasteiger partial charge in [0, 0.05) is 19.2 Å². The molecule has 0 aliphatic heterocycles. The fourth-order valence-corrected chi connectivity index (χ4v) is 3.32. The fourth-order valence-electron chi connectivity index (χ4n) is 2.74. The molecule has 7 nitrogen and oxygen atoms in total. The molecular formula is C17H21F3N4O3S. The number of anilines is 2. The standard InChI is InChI=1S/C17H21F3N4O3S/c1-10-13(11(2)24(3)22-10)6-8-16(25)21-15-9-12(17(18,19)20)5-7-14(15)23-28(4,26)27/h5,7,9,23H,6,8H2,1-4H3,(H,21,25). The lowest BCUT2D eigenvalue weighted by Gasteiger charge is -2.15. The van der Waals surface area contributed by atoms with Crippen molar-refractivity contribution in [3.8, 4) is 0 Å². The summed E-state index contributed by atoms with van der Waals surface area (Å²) in [5.74, 6) is -0.543. The van der Waals surface area contributed by atoms with Crippen molar-refractivity contribution in [2.45, 2.75) is 32.9 Å². The molecule has 154 valence electrons. The van der Waals surface area contributed by atoms with E-state index in [0.29, 0.717) is 12.5 Å². The Kier molecular flexibility index (Phi) is 6.07. The largest absolute Gasteiger partial charge is 0.416 e. The van der Waals surface area contributed by atoms with Crippen LogP contribution in [0.15, 0.2) is 18.2 Å². The van der Waals surface area contributed by atoms with E-state index in [2.05, 4.69) is 15.1 Å². The Bertz CT molecular complexity index is 998. The Morgan fingerprint density at radius 2 is 1.86 bits per heavy atom. The number of nitrogens with one attached hydrogen (secondary N) is 2. The number of nitrogens with zero attached hydrogens (tertiary/aromatic N) is 2. The van der Waals surface area contributed by atoms with Gasteiger partial charge in [-0.15, -0.1) is 0 Å². The van der Waals surface area contributed by atoms with Crippen molar-refractivity contribution in [3.63, 3.8) is 0 Å². The molecule has 0 atom stereocenters. The van der Waals surface area contributed by atoms with E-state index in [1.165, 1.54) is 0 Å². The van der Waals surface area contributed by atoms with Crippen LogP contribution in [0.5, 0.6) is 0 Å². The van der Waals surface area contributed by atoms with Crippen LogP contribution < -0.4 is 10.0 Å². The third-order valence-corrected chi connectivity index (χ3v) is 4.77. The van der Waals surface area contributed by atoms with Crippen LogP contribution in [0.3, 0.4) is 0 Å². The maximum Gasteiger partial charge on any atom is 0.416 e. The van der Waals surface area contributed by atoms with Gasteiger partial charge in [0.25, 0.3) is 0 Å². The first-order chi connectivity index (χ1) is 12.8. The topological polar surface area (TPSA) is 93.1 Å². The predicted octanol–water partition coefficient (Wildman–Crippen LogP) is 3.00. The molecule has 0 aliphatic carbocycles. The summed E-state index contributed by atoms with van der Waals surface area (Å²) in [4.78, 5) is 12.3. The maximum atomic E-state index is 13.0. The molecule has 0 saturated heterocycles. The van der Waals surface area contributed by atoms with E-state index in [-0.39, 0.29) is 17.8 Å². The van der Waals surface area contributed by atoms with Gasteiger partial charge in [-0.1, -0.05) is 0 Å². The van der Waals surface area contributed by atoms with E-state index in [1.54, 1.807) is 18.7 Å². The third kappa shape index (κ3) is 5.47. The van der Waals surface area contributed by atoms with Crippen molar-refractivity contribution < 1.29 is 26.4 Å². The molecular weight excluding hydrogens is 397 g/mol. The minimum absolute atomic E-state index is 0.00192. The van der Waals surface area contributed by atoms with Crippen LogP contribution in [-0.4, -0.2) is 30.4 Å². The minimum atomic E-state index is -4.63. The van der Waals surface area contributed by atoms with E-state index in [4.69, 9.17) is 0 Å². The summed E-state index contributed by atoms with van der Waals surface area (Å²) in [7, 11) is -1.97. The third-order valence-electron chi connectivity index (χ3n) is 4.18. The van der Waals surface area contributed by atoms with E-state index in [1.807, 2.05) is 6.92 Å². The number of aromatic nitrogens is 2. The Hall–Kier alpha value is -2.56. The van der Waals surface area contributed by atoms with E-state index in [0.717, 1.165) is 35.3 Å². The fraction of sp³-hybridized carbons (Fsp3) is 0.412. The van der Waals surface area contributed by atoms with Crippen molar-refractivity contribution in [1.82, 2.24) is 9.78 Å². The highest BCUT2D eigenvalue weighted by atomic mass is 32.2. The molecule has 0 radical (unpaired) electrons. The summed E-state index contributed by atoms with van der Waals surface area (Å²) in [6, 6.07) is 2.41. The smallest absolute Gasteiger partial charge is 0.324 e. The average molecular weight is 418 g/mol. The van der Waals surface area contributed by atoms with Gasteiger partial charge in [0.15, 0.2) is 0 Å². The number of alkyl halides is 3. The number of aryl methyl sites for hydroxylation is 2. The van der Waals surface area contributed by atoms with Crippen LogP contribution in [0.2, 0.25) is 0 Å². The summed E-state index contributed by atoms with van der Waals surface area (Å²) in [5.41, 5.74) is 1.15. The summed E-state index contributed by atoms with van der Waals surface area (Å²) in [6.07, 6.45) is -3.41. The molecule has 0 fully saturated rings. The Morgan fingerprint density at radius 3 is 2.36 bits per heavy atom. The molecule has 0 saturated carbocycles. The number of rotatable bonds is 6. The van der Waals surface area contributed by atoms with Crippen molar-refractivity contribution in [2.24, 2.45) is 7.05 Å². The Balaban J connectivity index is 2.23. The van der Waals surface area contributed by atoms with Gasteiger partial charge in [-0.25, -0.2) is 8.42 Å². The van der Waals surface area contributed by atoms with Crippen LogP contribution in [0, 0.1) is 13.8 Å². The van der Waals surface area contributed by atoms with Gasteiger partial charge in [-0.05, 0) is 44.0 Å². The zero-order chi connectivity index (χ0) is 21.3. The van der Waals surface area contributed by atoms with E-state index >= 15 is 0 Å². The molecule has 2 N–H and O–H groups in total. The quantitative estimate of drug-likeness (QED) is 0.754. The first kappa shape index (κ1) is 21.7. The van der Waals surface area contributed by atoms with E-state index in [9.17, 15) is 26.4 Å². The number of amides is 1. The molecule has 0 spiro atoms. The van der Waals surface area contributed by atoms with Gasteiger partial charge in [0.05, 0.1) is 28.9 Å². The van der Waals surface area contributed by atoms with Crippen LogP contribution in [0.25, 0.3) is 0 Å². The summed E-state index contributed by atoms with van der Waals surface area (Å²) in [5, 5.41) is 6.62. The molecule has 2 aromatic rings. The van der Waals surface area contributed by atoms with Crippen molar-refractivity contribution in [2.75, 3.05) is 16.3 Å². The van der Waals surface area contributed by atoms with Gasteiger partial charge in [0.2, 0.25) is 15.9 Å². The number of carbonyl (C=O) groups is 1. The molecule has 11 heteroatoms. The van der Waals surface area contributed by atoms with Crippen LogP contribution in [0.4, 0.5) is 24.5 Å². The molecule has 1 aromatic carbocycles. The lowest BCUT2D eigenvalue weighted by Crippen LogP contribution is -2.17. The van der Waals surface area contributed by atoms with Crippen molar-refractivity contribution in [3.05, 3.63) is 40.7 Å².